The molecular formula is C11H13N3OS. The van der Waals surface area contributed by atoms with Crippen LogP contribution in [-0.2, 0) is 0 Å². The molecule has 0 bridgehead atoms. The summed E-state index contributed by atoms with van der Waals surface area (Å²) in [5, 5.41) is 0. The van der Waals surface area contributed by atoms with Gasteiger partial charge in [-0.25, -0.2) is 9.97 Å². The molecule has 0 aromatic carbocycles. The lowest BCUT2D eigenvalue weighted by molar-refractivity contribution is 0.330. The summed E-state index contributed by atoms with van der Waals surface area (Å²) < 4.78 is 7.36. The van der Waals surface area contributed by atoms with E-state index in [9.17, 15) is 0 Å². The average Bonchev–Trinajstić information content (AvgIpc) is 2.84. The first kappa shape index (κ1) is 11.0. The molecule has 0 aliphatic carbocycles. The summed E-state index contributed by atoms with van der Waals surface area (Å²) in [6.45, 7) is 0.693. The number of ether oxygens (including phenoxy) is 1. The third kappa shape index (κ3) is 2.76. The highest BCUT2D eigenvalue weighted by atomic mass is 32.2. The largest absolute Gasteiger partial charge is 0.477 e. The van der Waals surface area contributed by atoms with Gasteiger partial charge in [-0.3, -0.25) is 0 Å². The number of aromatic nitrogens is 3. The van der Waals surface area contributed by atoms with Crippen LogP contribution in [0.1, 0.15) is 0 Å². The first-order valence-corrected chi connectivity index (χ1v) is 6.35. The smallest absolute Gasteiger partial charge is 0.213 e. The highest BCUT2D eigenvalue weighted by Crippen LogP contribution is 2.11. The van der Waals surface area contributed by atoms with E-state index < -0.39 is 0 Å². The van der Waals surface area contributed by atoms with Crippen molar-refractivity contribution in [1.82, 2.24) is 14.5 Å². The Hall–Kier alpha value is -1.49. The lowest BCUT2D eigenvalue weighted by Gasteiger charge is -2.05. The average molecular weight is 235 g/mol. The van der Waals surface area contributed by atoms with Crippen LogP contribution in [0.2, 0.25) is 0 Å². The molecule has 0 unspecified atom stereocenters. The van der Waals surface area contributed by atoms with Gasteiger partial charge in [-0.15, -0.1) is 0 Å². The van der Waals surface area contributed by atoms with Crippen LogP contribution in [0.3, 0.4) is 0 Å². The van der Waals surface area contributed by atoms with Crippen molar-refractivity contribution >= 4 is 11.8 Å². The summed E-state index contributed by atoms with van der Waals surface area (Å²) in [7, 11) is 0. The third-order valence-electron chi connectivity index (χ3n) is 2.06. The van der Waals surface area contributed by atoms with E-state index in [2.05, 4.69) is 16.2 Å². The summed E-state index contributed by atoms with van der Waals surface area (Å²) in [6.07, 6.45) is 9.19. The minimum Gasteiger partial charge on any atom is -0.477 e. The first-order valence-electron chi connectivity index (χ1n) is 4.96. The Morgan fingerprint density at radius 3 is 3.00 bits per heavy atom. The molecule has 2 rings (SSSR count). The van der Waals surface area contributed by atoms with Gasteiger partial charge in [-0.2, -0.15) is 11.8 Å². The molecule has 0 spiro atoms. The van der Waals surface area contributed by atoms with E-state index in [-0.39, 0.29) is 0 Å². The van der Waals surface area contributed by atoms with Crippen LogP contribution in [0.5, 0.6) is 5.88 Å². The van der Waals surface area contributed by atoms with E-state index in [1.54, 1.807) is 30.5 Å². The maximum Gasteiger partial charge on any atom is 0.213 e. The Morgan fingerprint density at radius 2 is 2.38 bits per heavy atom. The van der Waals surface area contributed by atoms with Crippen LogP contribution in [0.15, 0.2) is 37.1 Å². The fourth-order valence-corrected chi connectivity index (χ4v) is 1.50. The van der Waals surface area contributed by atoms with Crippen molar-refractivity contribution in [2.24, 2.45) is 0 Å². The zero-order valence-electron chi connectivity index (χ0n) is 9.04. The molecule has 0 amide bonds. The van der Waals surface area contributed by atoms with Crippen LogP contribution in [0.4, 0.5) is 0 Å². The monoisotopic (exact) mass is 235 g/mol. The number of imidazole rings is 1. The fourth-order valence-electron chi connectivity index (χ4n) is 1.25. The van der Waals surface area contributed by atoms with Gasteiger partial charge in [0, 0.05) is 24.2 Å². The van der Waals surface area contributed by atoms with Gasteiger partial charge in [0.2, 0.25) is 5.88 Å². The molecular weight excluding hydrogens is 222 g/mol. The van der Waals surface area contributed by atoms with E-state index >= 15 is 0 Å². The zero-order chi connectivity index (χ0) is 11.2. The van der Waals surface area contributed by atoms with Crippen LogP contribution in [-0.4, -0.2) is 33.2 Å². The topological polar surface area (TPSA) is 39.9 Å². The van der Waals surface area contributed by atoms with Gasteiger partial charge >= 0.3 is 0 Å². The number of thioether (sulfide) groups is 1. The zero-order valence-corrected chi connectivity index (χ0v) is 9.85. The summed E-state index contributed by atoms with van der Waals surface area (Å²) in [6, 6.07) is 3.83. The van der Waals surface area contributed by atoms with Crippen molar-refractivity contribution in [1.29, 1.82) is 0 Å². The van der Waals surface area contributed by atoms with Crippen LogP contribution < -0.4 is 4.74 Å². The molecule has 0 saturated heterocycles. The van der Waals surface area contributed by atoms with Gasteiger partial charge in [0.25, 0.3) is 0 Å². The molecule has 5 heteroatoms. The second kappa shape index (κ2) is 5.55. The van der Waals surface area contributed by atoms with Crippen LogP contribution >= 0.6 is 11.8 Å². The Kier molecular flexibility index (Phi) is 3.82. The van der Waals surface area contributed by atoms with Gasteiger partial charge in [0.1, 0.15) is 0 Å². The van der Waals surface area contributed by atoms with Crippen molar-refractivity contribution in [2.75, 3.05) is 18.6 Å². The van der Waals surface area contributed by atoms with E-state index in [1.807, 2.05) is 22.9 Å². The molecule has 0 fully saturated rings. The number of hydrogen-bond donors (Lipinski definition) is 0. The molecule has 2 aromatic rings. The maximum atomic E-state index is 5.46. The minimum absolute atomic E-state index is 0.665. The lowest BCUT2D eigenvalue weighted by Crippen LogP contribution is -2.01. The van der Waals surface area contributed by atoms with Crippen molar-refractivity contribution in [3.63, 3.8) is 0 Å². The second-order valence-corrected chi connectivity index (χ2v) is 4.15. The molecule has 84 valence electrons. The van der Waals surface area contributed by atoms with E-state index in [0.29, 0.717) is 12.5 Å². The molecule has 2 aromatic heterocycles. The van der Waals surface area contributed by atoms with E-state index in [4.69, 9.17) is 4.74 Å². The molecule has 16 heavy (non-hydrogen) atoms. The molecule has 4 nitrogen and oxygen atoms in total. The van der Waals surface area contributed by atoms with Gasteiger partial charge < -0.3 is 9.30 Å². The van der Waals surface area contributed by atoms with E-state index in [1.165, 1.54) is 0 Å². The Labute approximate surface area is 98.7 Å². The van der Waals surface area contributed by atoms with Gasteiger partial charge in [-0.05, 0) is 12.3 Å². The minimum atomic E-state index is 0.665. The summed E-state index contributed by atoms with van der Waals surface area (Å²) in [5.41, 5.74) is 0.981. The Bertz CT molecular complexity index is 413. The number of nitrogens with zero attached hydrogens (tertiary/aromatic N) is 3. The SMILES string of the molecule is CSCCOc1ccc(-n2ccnc2)cn1. The molecule has 2 heterocycles. The van der Waals surface area contributed by atoms with Crippen LogP contribution in [0, 0.1) is 0 Å². The third-order valence-corrected chi connectivity index (χ3v) is 2.64. The molecule has 0 atom stereocenters. The quantitative estimate of drug-likeness (QED) is 0.743. The first-order chi connectivity index (χ1) is 7.90. The van der Waals surface area contributed by atoms with E-state index in [0.717, 1.165) is 11.4 Å². The Balaban J connectivity index is 2.00. The van der Waals surface area contributed by atoms with Gasteiger partial charge in [0.15, 0.2) is 0 Å². The molecule has 0 N–H and O–H groups in total. The maximum absolute atomic E-state index is 5.46. The Morgan fingerprint density at radius 1 is 1.44 bits per heavy atom. The highest BCUT2D eigenvalue weighted by Gasteiger charge is 1.98. The predicted molar refractivity (Wildman–Crippen MR) is 65.2 cm³/mol. The summed E-state index contributed by atoms with van der Waals surface area (Å²) >= 11 is 1.76. The molecule has 0 radical (unpaired) electrons. The fraction of sp³-hybridized carbons (Fsp3) is 0.273. The second-order valence-electron chi connectivity index (χ2n) is 3.17. The van der Waals surface area contributed by atoms with Gasteiger partial charge in [-0.1, -0.05) is 0 Å². The normalized spacial score (nSPS) is 10.3. The lowest BCUT2D eigenvalue weighted by atomic mass is 10.4. The summed E-state index contributed by atoms with van der Waals surface area (Å²) in [4.78, 5) is 8.21. The summed E-state index contributed by atoms with van der Waals surface area (Å²) in [5.74, 6) is 1.64. The number of hydrogen-bond acceptors (Lipinski definition) is 4. The number of pyridine rings is 1. The van der Waals surface area contributed by atoms with Crippen molar-refractivity contribution < 1.29 is 4.74 Å². The van der Waals surface area contributed by atoms with Crippen LogP contribution in [0.25, 0.3) is 5.69 Å². The molecule has 0 saturated carbocycles. The number of rotatable bonds is 5. The van der Waals surface area contributed by atoms with Crippen molar-refractivity contribution in [3.8, 4) is 11.6 Å². The van der Waals surface area contributed by atoms with Crippen molar-refractivity contribution in [2.45, 2.75) is 0 Å². The van der Waals surface area contributed by atoms with Gasteiger partial charge in [0.05, 0.1) is 24.8 Å². The van der Waals surface area contributed by atoms with Crippen molar-refractivity contribution in [3.05, 3.63) is 37.1 Å². The molecule has 0 aliphatic rings. The highest BCUT2D eigenvalue weighted by molar-refractivity contribution is 7.98. The molecule has 0 aliphatic heterocycles. The predicted octanol–water partition coefficient (Wildman–Crippen LogP) is 2.01. The standard InChI is InChI=1S/C11H13N3OS/c1-16-7-6-15-11-3-2-10(8-13-11)14-5-4-12-9-14/h2-5,8-9H,6-7H2,1H3.